The Kier molecular flexibility index (Phi) is 11.2. The van der Waals surface area contributed by atoms with Crippen LogP contribution in [0.25, 0.3) is 22.5 Å². The number of carbonyl (C=O) groups is 2. The molecular weight excluding hydrogens is 708 g/mol. The molecule has 0 radical (unpaired) electrons. The zero-order valence-electron chi connectivity index (χ0n) is 27.5. The number of anilines is 2. The van der Waals surface area contributed by atoms with Crippen LogP contribution in [0.4, 0.5) is 24.7 Å². The van der Waals surface area contributed by atoms with Gasteiger partial charge in [-0.2, -0.15) is 13.2 Å². The molecule has 0 aliphatic carbocycles. The van der Waals surface area contributed by atoms with Crippen molar-refractivity contribution in [3.63, 3.8) is 0 Å². The molecule has 1 aromatic carbocycles. The lowest BCUT2D eigenvalue weighted by molar-refractivity contribution is -0.137. The largest absolute Gasteiger partial charge is 0.481 e. The van der Waals surface area contributed by atoms with E-state index in [0.717, 1.165) is 12.0 Å². The summed E-state index contributed by atoms with van der Waals surface area (Å²) in [6, 6.07) is 11.5. The van der Waals surface area contributed by atoms with Gasteiger partial charge in [0, 0.05) is 80.2 Å². The quantitative estimate of drug-likeness (QED) is 0.111. The zero-order chi connectivity index (χ0) is 36.1. The summed E-state index contributed by atoms with van der Waals surface area (Å²) >= 11 is 13.7. The maximum absolute atomic E-state index is 14.5. The van der Waals surface area contributed by atoms with E-state index in [0.29, 0.717) is 67.3 Å². The SMILES string of the molecule is COc1nc(-c2ccnc(-c3cccc(Nc4nccc(CNC[C@@H]5CCC(=O)N5)c4C(F)(F)F)c3Cl)c2Cl)ccc1CNC[C@@H]1CCC(=O)N1. The van der Waals surface area contributed by atoms with Crippen LogP contribution in [-0.2, 0) is 28.9 Å². The number of nitrogens with zero attached hydrogens (tertiary/aromatic N) is 3. The van der Waals surface area contributed by atoms with Gasteiger partial charge in [0.2, 0.25) is 17.7 Å². The van der Waals surface area contributed by atoms with Crippen molar-refractivity contribution in [1.29, 1.82) is 0 Å². The first kappa shape index (κ1) is 36.3. The molecule has 0 bridgehead atoms. The van der Waals surface area contributed by atoms with E-state index in [9.17, 15) is 22.8 Å². The maximum atomic E-state index is 14.5. The Morgan fingerprint density at radius 1 is 0.843 bits per heavy atom. The molecule has 2 fully saturated rings. The minimum absolute atomic E-state index is 0.0129. The number of pyridine rings is 3. The highest BCUT2D eigenvalue weighted by molar-refractivity contribution is 6.39. The first-order valence-corrected chi connectivity index (χ1v) is 17.1. The van der Waals surface area contributed by atoms with Crippen molar-refractivity contribution in [2.75, 3.05) is 25.5 Å². The second kappa shape index (κ2) is 15.8. The van der Waals surface area contributed by atoms with Crippen LogP contribution in [0.5, 0.6) is 5.88 Å². The number of ether oxygens (including phenoxy) is 1. The molecule has 16 heteroatoms. The summed E-state index contributed by atoms with van der Waals surface area (Å²) in [5, 5.41) is 15.2. The number of carbonyl (C=O) groups excluding carboxylic acids is 2. The fourth-order valence-electron chi connectivity index (χ4n) is 6.18. The third-order valence-corrected chi connectivity index (χ3v) is 9.50. The summed E-state index contributed by atoms with van der Waals surface area (Å²) < 4.78 is 48.9. The summed E-state index contributed by atoms with van der Waals surface area (Å²) in [6.45, 7) is 1.33. The highest BCUT2D eigenvalue weighted by Gasteiger charge is 2.37. The third kappa shape index (κ3) is 8.52. The van der Waals surface area contributed by atoms with E-state index in [1.54, 1.807) is 36.5 Å². The molecule has 5 heterocycles. The van der Waals surface area contributed by atoms with E-state index < -0.39 is 17.6 Å². The van der Waals surface area contributed by atoms with Crippen LogP contribution in [0, 0.1) is 0 Å². The van der Waals surface area contributed by atoms with E-state index >= 15 is 0 Å². The van der Waals surface area contributed by atoms with Gasteiger partial charge in [-0.1, -0.05) is 41.4 Å². The molecule has 2 aliphatic rings. The van der Waals surface area contributed by atoms with Gasteiger partial charge in [-0.15, -0.1) is 0 Å². The number of aromatic nitrogens is 3. The number of alkyl halides is 3. The number of benzene rings is 1. The minimum Gasteiger partial charge on any atom is -0.481 e. The molecular formula is C35H35Cl2F3N8O3. The molecule has 2 atom stereocenters. The van der Waals surface area contributed by atoms with Gasteiger partial charge in [0.1, 0.15) is 11.4 Å². The smallest absolute Gasteiger partial charge is 0.420 e. The number of hydrogen-bond donors (Lipinski definition) is 5. The van der Waals surface area contributed by atoms with E-state index in [4.69, 9.17) is 27.9 Å². The van der Waals surface area contributed by atoms with Crippen LogP contribution in [0.3, 0.4) is 0 Å². The summed E-state index contributed by atoms with van der Waals surface area (Å²) in [7, 11) is 1.52. The first-order chi connectivity index (χ1) is 24.5. The second-order valence-electron chi connectivity index (χ2n) is 12.2. The van der Waals surface area contributed by atoms with Crippen molar-refractivity contribution in [3.8, 4) is 28.4 Å². The zero-order valence-corrected chi connectivity index (χ0v) is 29.0. The van der Waals surface area contributed by atoms with Crippen LogP contribution in [0.1, 0.15) is 42.4 Å². The molecule has 268 valence electrons. The van der Waals surface area contributed by atoms with Crippen molar-refractivity contribution in [2.45, 2.75) is 57.0 Å². The van der Waals surface area contributed by atoms with Gasteiger partial charge in [-0.25, -0.2) is 9.97 Å². The van der Waals surface area contributed by atoms with Gasteiger partial charge in [0.25, 0.3) is 0 Å². The topological polar surface area (TPSA) is 142 Å². The normalized spacial score (nSPS) is 17.4. The number of methoxy groups -OCH3 is 1. The van der Waals surface area contributed by atoms with Crippen LogP contribution in [0.2, 0.25) is 10.0 Å². The third-order valence-electron chi connectivity index (χ3n) is 8.71. The van der Waals surface area contributed by atoms with E-state index in [-0.39, 0.29) is 51.7 Å². The Bertz CT molecular complexity index is 1930. The molecule has 0 spiro atoms. The van der Waals surface area contributed by atoms with E-state index in [2.05, 4.69) is 41.5 Å². The molecule has 0 unspecified atom stereocenters. The molecule has 11 nitrogen and oxygen atoms in total. The predicted octanol–water partition coefficient (Wildman–Crippen LogP) is 6.02. The number of amides is 2. The van der Waals surface area contributed by atoms with Crippen molar-refractivity contribution >= 4 is 46.5 Å². The average molecular weight is 744 g/mol. The molecule has 51 heavy (non-hydrogen) atoms. The van der Waals surface area contributed by atoms with E-state index in [1.807, 2.05) is 6.07 Å². The Balaban J connectivity index is 1.22. The Labute approximate surface area is 302 Å². The van der Waals surface area contributed by atoms with Crippen molar-refractivity contribution in [1.82, 2.24) is 36.2 Å². The summed E-state index contributed by atoms with van der Waals surface area (Å²) in [6.07, 6.45) is 0.441. The average Bonchev–Trinajstić information content (AvgIpc) is 3.72. The van der Waals surface area contributed by atoms with Crippen LogP contribution in [-0.4, -0.2) is 59.0 Å². The molecule has 0 saturated carbocycles. The van der Waals surface area contributed by atoms with Gasteiger partial charge in [-0.3, -0.25) is 14.6 Å². The number of nitrogens with one attached hydrogen (secondary N) is 5. The maximum Gasteiger partial charge on any atom is 0.420 e. The monoisotopic (exact) mass is 742 g/mol. The number of rotatable bonds is 13. The standard InChI is InChI=1S/C35H35Cl2F3N8O3/c1-51-34-20(16-42-18-22-7-10-28(50)46-22)5-8-25(48-34)23-12-14-43-32(31(23)37)24-3-2-4-26(30(24)36)47-33-29(35(38,39)40)19(11-13-44-33)15-41-17-21-6-9-27(49)45-21/h2-5,8,11-14,21-22,41-42H,6-7,9-10,15-18H2,1H3,(H,44,47)(H,45,49)(H,46,50)/t21-,22-/m0/s1. The van der Waals surface area contributed by atoms with Gasteiger partial charge in [-0.05, 0) is 42.7 Å². The van der Waals surface area contributed by atoms with Crippen molar-refractivity contribution in [2.24, 2.45) is 0 Å². The van der Waals surface area contributed by atoms with E-state index in [1.165, 1.54) is 19.4 Å². The van der Waals surface area contributed by atoms with Gasteiger partial charge in [0.05, 0.1) is 34.2 Å². The molecule has 5 N–H and O–H groups in total. The lowest BCUT2D eigenvalue weighted by atomic mass is 10.0. The van der Waals surface area contributed by atoms with Crippen molar-refractivity contribution < 1.29 is 27.5 Å². The van der Waals surface area contributed by atoms with Gasteiger partial charge in [0.15, 0.2) is 0 Å². The molecule has 6 rings (SSSR count). The highest BCUT2D eigenvalue weighted by Crippen LogP contribution is 2.42. The molecule has 4 aromatic rings. The Morgan fingerprint density at radius 3 is 2.14 bits per heavy atom. The Morgan fingerprint density at radius 2 is 1.51 bits per heavy atom. The lowest BCUT2D eigenvalue weighted by Gasteiger charge is -2.20. The fraction of sp³-hybridized carbons (Fsp3) is 0.343. The second-order valence-corrected chi connectivity index (χ2v) is 13.0. The molecule has 2 saturated heterocycles. The van der Waals surface area contributed by atoms with Crippen LogP contribution < -0.4 is 31.3 Å². The molecule has 2 aliphatic heterocycles. The minimum atomic E-state index is -4.73. The van der Waals surface area contributed by atoms with Gasteiger partial charge < -0.3 is 31.3 Å². The lowest BCUT2D eigenvalue weighted by Crippen LogP contribution is -2.35. The number of halogens is 5. The fourth-order valence-corrected chi connectivity index (χ4v) is 6.76. The summed E-state index contributed by atoms with van der Waals surface area (Å²) in [5.41, 5.74) is 1.77. The summed E-state index contributed by atoms with van der Waals surface area (Å²) in [5.74, 6) is -0.0377. The molecule has 2 amide bonds. The Hall–Kier alpha value is -4.50. The predicted molar refractivity (Wildman–Crippen MR) is 188 cm³/mol. The van der Waals surface area contributed by atoms with Crippen molar-refractivity contribution in [3.05, 3.63) is 81.6 Å². The molecule has 3 aromatic heterocycles. The van der Waals surface area contributed by atoms with Crippen LogP contribution in [0.15, 0.2) is 54.9 Å². The highest BCUT2D eigenvalue weighted by atomic mass is 35.5. The summed E-state index contributed by atoms with van der Waals surface area (Å²) in [4.78, 5) is 36.1. The van der Waals surface area contributed by atoms with Gasteiger partial charge >= 0.3 is 6.18 Å². The number of hydrogen-bond acceptors (Lipinski definition) is 9. The van der Waals surface area contributed by atoms with Crippen LogP contribution >= 0.6 is 23.2 Å². The first-order valence-electron chi connectivity index (χ1n) is 16.3.